The van der Waals surface area contributed by atoms with E-state index >= 15 is 0 Å². The molecular weight excluding hydrogens is 588 g/mol. The number of ether oxygens (including phenoxy) is 2. The molecule has 1 aliphatic heterocycles. The lowest BCUT2D eigenvalue weighted by Gasteiger charge is -2.26. The van der Waals surface area contributed by atoms with E-state index in [9.17, 15) is 26.8 Å². The van der Waals surface area contributed by atoms with E-state index in [0.29, 0.717) is 19.2 Å². The summed E-state index contributed by atoms with van der Waals surface area (Å²) >= 11 is 7.08. The van der Waals surface area contributed by atoms with Gasteiger partial charge < -0.3 is 9.47 Å². The number of nitrogens with one attached hydrogen (secondary N) is 1. The average molecular weight is 614 g/mol. The number of aromatic nitrogens is 1. The molecule has 1 amide bonds. The Bertz CT molecular complexity index is 1480. The predicted octanol–water partition coefficient (Wildman–Crippen LogP) is 5.11. The number of piperidine rings is 1. The van der Waals surface area contributed by atoms with Crippen LogP contribution in [0.2, 0.25) is 4.34 Å². The Morgan fingerprint density at radius 1 is 1.12 bits per heavy atom. The number of halogens is 3. The molecule has 2 aromatic carbocycles. The van der Waals surface area contributed by atoms with Gasteiger partial charge in [0.05, 0.1) is 23.6 Å². The van der Waals surface area contributed by atoms with Crippen molar-refractivity contribution in [1.29, 1.82) is 0 Å². The van der Waals surface area contributed by atoms with Crippen molar-refractivity contribution in [2.75, 3.05) is 25.0 Å². The molecule has 0 bridgehead atoms. The molecule has 14 heteroatoms. The zero-order chi connectivity index (χ0) is 28.9. The van der Waals surface area contributed by atoms with Crippen molar-refractivity contribution in [3.05, 3.63) is 69.7 Å². The maximum absolute atomic E-state index is 14.4. The number of nitrogens with zero attached hydrogens (tertiary/aromatic N) is 2. The first-order valence-electron chi connectivity index (χ1n) is 12.4. The van der Waals surface area contributed by atoms with E-state index in [0.717, 1.165) is 42.7 Å². The third-order valence-electron chi connectivity index (χ3n) is 6.01. The molecule has 3 aromatic rings. The van der Waals surface area contributed by atoms with E-state index in [1.165, 1.54) is 28.6 Å². The Kier molecular flexibility index (Phi) is 9.72. The molecule has 0 aliphatic carbocycles. The monoisotopic (exact) mass is 613 g/mol. The normalized spacial score (nSPS) is 14.9. The number of rotatable bonds is 10. The van der Waals surface area contributed by atoms with Gasteiger partial charge in [-0.1, -0.05) is 41.5 Å². The van der Waals surface area contributed by atoms with Crippen LogP contribution in [0.5, 0.6) is 5.75 Å². The third-order valence-corrected chi connectivity index (χ3v) is 9.17. The number of thiazole rings is 1. The summed E-state index contributed by atoms with van der Waals surface area (Å²) in [6.07, 6.45) is 0.834. The fraction of sp³-hybridized carbons (Fsp3) is 0.346. The quantitative estimate of drug-likeness (QED) is 0.316. The van der Waals surface area contributed by atoms with Crippen molar-refractivity contribution >= 4 is 50.0 Å². The van der Waals surface area contributed by atoms with Gasteiger partial charge in [0.25, 0.3) is 5.91 Å². The van der Waals surface area contributed by atoms with Crippen molar-refractivity contribution in [2.45, 2.75) is 43.6 Å². The number of hydrogen-bond acceptors (Lipinski definition) is 8. The van der Waals surface area contributed by atoms with Gasteiger partial charge in [-0.3, -0.25) is 14.9 Å². The standard InChI is InChI=1S/C26H26ClF2N3O6S2/c1-2-37-22(33)15-20-24(27)39-26(30-20)31-25(34)23(38-21-11-8-17(28)14-19(21)29)16-6-9-18(10-7-16)40(35,36)32-12-4-3-5-13-32/h6-11,14,23H,2-5,12-13,15H2,1H3,(H,30,31,34). The fourth-order valence-corrected chi connectivity index (χ4v) is 6.61. The number of esters is 1. The first-order chi connectivity index (χ1) is 19.1. The Hall–Kier alpha value is -3.13. The first kappa shape index (κ1) is 29.8. The van der Waals surface area contributed by atoms with Gasteiger partial charge in [-0.05, 0) is 44.0 Å². The lowest BCUT2D eigenvalue weighted by Crippen LogP contribution is -2.35. The van der Waals surface area contributed by atoms with Crippen LogP contribution in [0.1, 0.15) is 43.5 Å². The SMILES string of the molecule is CCOC(=O)Cc1nc(NC(=O)C(Oc2ccc(F)cc2F)c2ccc(S(=O)(=O)N3CCCCC3)cc2)sc1Cl. The van der Waals surface area contributed by atoms with Crippen molar-refractivity contribution in [3.63, 3.8) is 0 Å². The number of hydrogen-bond donors (Lipinski definition) is 1. The van der Waals surface area contributed by atoms with Crippen LogP contribution in [0.4, 0.5) is 13.9 Å². The van der Waals surface area contributed by atoms with Crippen LogP contribution in [0.15, 0.2) is 47.4 Å². The second-order valence-electron chi connectivity index (χ2n) is 8.82. The molecular formula is C26H26ClF2N3O6S2. The summed E-state index contributed by atoms with van der Waals surface area (Å²) in [5.74, 6) is -3.59. The van der Waals surface area contributed by atoms with Crippen LogP contribution in [0, 0.1) is 11.6 Å². The zero-order valence-electron chi connectivity index (χ0n) is 21.4. The Labute approximate surface area is 239 Å². The molecule has 0 saturated carbocycles. The number of anilines is 1. The van der Waals surface area contributed by atoms with Gasteiger partial charge >= 0.3 is 5.97 Å². The summed E-state index contributed by atoms with van der Waals surface area (Å²) in [6.45, 7) is 2.69. The molecule has 0 spiro atoms. The van der Waals surface area contributed by atoms with Crippen molar-refractivity contribution in [3.8, 4) is 5.75 Å². The predicted molar refractivity (Wildman–Crippen MR) is 145 cm³/mol. The van der Waals surface area contributed by atoms with Crippen molar-refractivity contribution in [1.82, 2.24) is 9.29 Å². The van der Waals surface area contributed by atoms with Gasteiger partial charge in [0, 0.05) is 24.7 Å². The van der Waals surface area contributed by atoms with E-state index < -0.39 is 45.4 Å². The lowest BCUT2D eigenvalue weighted by atomic mass is 10.1. The molecule has 1 atom stereocenters. The molecule has 2 heterocycles. The van der Waals surface area contributed by atoms with Crippen LogP contribution in [0.25, 0.3) is 0 Å². The summed E-state index contributed by atoms with van der Waals surface area (Å²) in [6, 6.07) is 8.11. The molecule has 40 heavy (non-hydrogen) atoms. The Morgan fingerprint density at radius 3 is 2.48 bits per heavy atom. The summed E-state index contributed by atoms with van der Waals surface area (Å²) in [5, 5.41) is 2.59. The molecule has 1 fully saturated rings. The summed E-state index contributed by atoms with van der Waals surface area (Å²) in [7, 11) is -3.73. The number of sulfonamides is 1. The molecule has 0 radical (unpaired) electrons. The second kappa shape index (κ2) is 13.0. The van der Waals surface area contributed by atoms with E-state index in [1.54, 1.807) is 6.92 Å². The molecule has 4 rings (SSSR count). The van der Waals surface area contributed by atoms with Gasteiger partial charge in [-0.25, -0.2) is 22.2 Å². The average Bonchev–Trinajstić information content (AvgIpc) is 3.26. The maximum atomic E-state index is 14.4. The number of carbonyl (C=O) groups excluding carboxylic acids is 2. The van der Waals surface area contributed by atoms with Crippen molar-refractivity contribution < 1.29 is 36.3 Å². The van der Waals surface area contributed by atoms with Crippen LogP contribution >= 0.6 is 22.9 Å². The highest BCUT2D eigenvalue weighted by Crippen LogP contribution is 2.32. The van der Waals surface area contributed by atoms with Crippen LogP contribution < -0.4 is 10.1 Å². The fourth-order valence-electron chi connectivity index (χ4n) is 4.05. The van der Waals surface area contributed by atoms with Gasteiger partial charge in [0.15, 0.2) is 16.7 Å². The highest BCUT2D eigenvalue weighted by atomic mass is 35.5. The Morgan fingerprint density at radius 2 is 1.82 bits per heavy atom. The van der Waals surface area contributed by atoms with E-state index in [4.69, 9.17) is 21.1 Å². The summed E-state index contributed by atoms with van der Waals surface area (Å²) in [5.41, 5.74) is 0.406. The number of carbonyl (C=O) groups is 2. The minimum atomic E-state index is -3.73. The van der Waals surface area contributed by atoms with Crippen LogP contribution in [-0.4, -0.2) is 49.3 Å². The molecule has 1 unspecified atom stereocenters. The van der Waals surface area contributed by atoms with Gasteiger partial charge in [0.2, 0.25) is 16.1 Å². The minimum absolute atomic E-state index is 0.0422. The molecule has 1 aliphatic rings. The smallest absolute Gasteiger partial charge is 0.311 e. The topological polar surface area (TPSA) is 115 Å². The first-order valence-corrected chi connectivity index (χ1v) is 15.1. The van der Waals surface area contributed by atoms with Crippen LogP contribution in [-0.2, 0) is 30.8 Å². The van der Waals surface area contributed by atoms with Gasteiger partial charge in [-0.2, -0.15) is 4.31 Å². The second-order valence-corrected chi connectivity index (χ2v) is 12.4. The highest BCUT2D eigenvalue weighted by Gasteiger charge is 2.29. The van der Waals surface area contributed by atoms with Gasteiger partial charge in [-0.15, -0.1) is 0 Å². The maximum Gasteiger partial charge on any atom is 0.311 e. The summed E-state index contributed by atoms with van der Waals surface area (Å²) in [4.78, 5) is 29.4. The minimum Gasteiger partial charge on any atom is -0.473 e. The molecule has 214 valence electrons. The molecule has 1 aromatic heterocycles. The van der Waals surface area contributed by atoms with Gasteiger partial charge in [0.1, 0.15) is 10.2 Å². The van der Waals surface area contributed by atoms with Crippen molar-refractivity contribution in [2.24, 2.45) is 0 Å². The molecule has 1 N–H and O–H groups in total. The Balaban J connectivity index is 1.60. The third kappa shape index (κ3) is 7.14. The number of benzene rings is 2. The van der Waals surface area contributed by atoms with E-state index in [1.807, 2.05) is 0 Å². The van der Waals surface area contributed by atoms with Crippen LogP contribution in [0.3, 0.4) is 0 Å². The number of amides is 1. The van der Waals surface area contributed by atoms with E-state index in [-0.39, 0.29) is 38.6 Å². The highest BCUT2D eigenvalue weighted by molar-refractivity contribution is 7.89. The molecule has 1 saturated heterocycles. The zero-order valence-corrected chi connectivity index (χ0v) is 23.8. The lowest BCUT2D eigenvalue weighted by molar-refractivity contribution is -0.142. The van der Waals surface area contributed by atoms with E-state index in [2.05, 4.69) is 10.3 Å². The summed E-state index contributed by atoms with van der Waals surface area (Å²) < 4.78 is 66.1. The largest absolute Gasteiger partial charge is 0.473 e. The molecule has 9 nitrogen and oxygen atoms in total.